The van der Waals surface area contributed by atoms with E-state index in [1.54, 1.807) is 6.08 Å². The molecule has 0 atom stereocenters. The molecule has 2 rings (SSSR count). The number of amides is 1. The number of halogens is 2. The minimum Gasteiger partial charge on any atom is -0.349 e. The number of benzene rings is 2. The molecule has 8 heteroatoms. The van der Waals surface area contributed by atoms with Crippen molar-refractivity contribution in [3.05, 3.63) is 70.7 Å². The Kier molecular flexibility index (Phi) is 5.88. The molecular weight excluding hydrogens is 371 g/mol. The van der Waals surface area contributed by atoms with Crippen LogP contribution < -0.4 is 10.0 Å². The highest BCUT2D eigenvalue weighted by Gasteiger charge is 2.18. The van der Waals surface area contributed by atoms with E-state index in [1.165, 1.54) is 42.5 Å². The third kappa shape index (κ3) is 4.50. The molecule has 24 heavy (non-hydrogen) atoms. The molecule has 0 fully saturated rings. The molecule has 2 N–H and O–H groups in total. The summed E-state index contributed by atoms with van der Waals surface area (Å²) in [6, 6.07) is 10.2. The smallest absolute Gasteiger partial charge is 0.263 e. The predicted molar refractivity (Wildman–Crippen MR) is 96.2 cm³/mol. The van der Waals surface area contributed by atoms with E-state index < -0.39 is 10.0 Å². The number of sulfonamides is 1. The van der Waals surface area contributed by atoms with Crippen molar-refractivity contribution in [2.24, 2.45) is 0 Å². The topological polar surface area (TPSA) is 75.3 Å². The Morgan fingerprint density at radius 3 is 2.42 bits per heavy atom. The Hall–Kier alpha value is -2.02. The number of hydrogen-bond acceptors (Lipinski definition) is 3. The van der Waals surface area contributed by atoms with E-state index in [4.69, 9.17) is 23.2 Å². The van der Waals surface area contributed by atoms with Crippen molar-refractivity contribution in [2.45, 2.75) is 4.90 Å². The minimum atomic E-state index is -3.89. The Morgan fingerprint density at radius 1 is 1.12 bits per heavy atom. The molecule has 1 amide bonds. The van der Waals surface area contributed by atoms with Gasteiger partial charge in [-0.25, -0.2) is 8.42 Å². The van der Waals surface area contributed by atoms with Gasteiger partial charge in [-0.1, -0.05) is 29.3 Å². The van der Waals surface area contributed by atoms with Crippen molar-refractivity contribution in [1.29, 1.82) is 0 Å². The second kappa shape index (κ2) is 7.70. The van der Waals surface area contributed by atoms with Gasteiger partial charge in [0, 0.05) is 22.8 Å². The molecule has 0 aliphatic rings. The van der Waals surface area contributed by atoms with Crippen molar-refractivity contribution in [2.75, 3.05) is 11.3 Å². The standard InChI is InChI=1S/C16H14Cl2N2O3S/c1-2-9-19-16(21)11-3-6-13(7-4-11)20-24(22,23)15-10-12(17)5-8-14(15)18/h2-8,10,20H,1,9H2,(H,19,21). The number of hydrogen-bond donors (Lipinski definition) is 2. The maximum absolute atomic E-state index is 12.4. The van der Waals surface area contributed by atoms with Crippen LogP contribution in [0.1, 0.15) is 10.4 Å². The van der Waals surface area contributed by atoms with Crippen LogP contribution in [0.25, 0.3) is 0 Å². The van der Waals surface area contributed by atoms with Crippen molar-refractivity contribution in [3.63, 3.8) is 0 Å². The van der Waals surface area contributed by atoms with Gasteiger partial charge in [-0.2, -0.15) is 0 Å². The third-order valence-electron chi connectivity index (χ3n) is 2.99. The molecule has 2 aromatic carbocycles. The van der Waals surface area contributed by atoms with E-state index >= 15 is 0 Å². The maximum atomic E-state index is 12.4. The van der Waals surface area contributed by atoms with Crippen LogP contribution in [-0.4, -0.2) is 20.9 Å². The van der Waals surface area contributed by atoms with Gasteiger partial charge < -0.3 is 5.32 Å². The molecule has 0 spiro atoms. The van der Waals surface area contributed by atoms with Crippen LogP contribution in [0.3, 0.4) is 0 Å². The molecule has 0 aliphatic heterocycles. The summed E-state index contributed by atoms with van der Waals surface area (Å²) in [5, 5.41) is 2.95. The average molecular weight is 385 g/mol. The monoisotopic (exact) mass is 384 g/mol. The van der Waals surface area contributed by atoms with Crippen LogP contribution in [-0.2, 0) is 10.0 Å². The van der Waals surface area contributed by atoms with Gasteiger partial charge in [0.2, 0.25) is 0 Å². The number of carbonyl (C=O) groups excluding carboxylic acids is 1. The zero-order valence-corrected chi connectivity index (χ0v) is 14.8. The van der Waals surface area contributed by atoms with Gasteiger partial charge in [0.1, 0.15) is 4.90 Å². The fourth-order valence-electron chi connectivity index (χ4n) is 1.85. The van der Waals surface area contributed by atoms with E-state index in [1.807, 2.05) is 0 Å². The first-order valence-electron chi connectivity index (χ1n) is 6.80. The molecule has 0 unspecified atom stereocenters. The van der Waals surface area contributed by atoms with Crippen LogP contribution in [0.4, 0.5) is 5.69 Å². The highest BCUT2D eigenvalue weighted by molar-refractivity contribution is 7.92. The normalized spacial score (nSPS) is 10.9. The summed E-state index contributed by atoms with van der Waals surface area (Å²) in [5.41, 5.74) is 0.701. The lowest BCUT2D eigenvalue weighted by molar-refractivity contribution is 0.0958. The zero-order valence-electron chi connectivity index (χ0n) is 12.4. The van der Waals surface area contributed by atoms with Crippen molar-refractivity contribution in [3.8, 4) is 0 Å². The highest BCUT2D eigenvalue weighted by atomic mass is 35.5. The summed E-state index contributed by atoms with van der Waals surface area (Å²) in [5.74, 6) is -0.276. The summed E-state index contributed by atoms with van der Waals surface area (Å²) in [4.78, 5) is 11.7. The van der Waals surface area contributed by atoms with Crippen molar-refractivity contribution < 1.29 is 13.2 Å². The summed E-state index contributed by atoms with van der Waals surface area (Å²) in [7, 11) is -3.89. The first-order valence-corrected chi connectivity index (χ1v) is 9.04. The van der Waals surface area contributed by atoms with Crippen LogP contribution >= 0.6 is 23.2 Å². The zero-order chi connectivity index (χ0) is 17.7. The van der Waals surface area contributed by atoms with Crippen LogP contribution in [0.2, 0.25) is 10.0 Å². The fraction of sp³-hybridized carbons (Fsp3) is 0.0625. The summed E-state index contributed by atoms with van der Waals surface area (Å²) < 4.78 is 27.2. The van der Waals surface area contributed by atoms with E-state index in [0.29, 0.717) is 17.8 Å². The lowest BCUT2D eigenvalue weighted by Gasteiger charge is -2.10. The molecule has 2 aromatic rings. The van der Waals surface area contributed by atoms with Crippen molar-refractivity contribution in [1.82, 2.24) is 5.32 Å². The quantitative estimate of drug-likeness (QED) is 0.745. The van der Waals surface area contributed by atoms with Crippen molar-refractivity contribution >= 4 is 44.8 Å². The average Bonchev–Trinajstić information content (AvgIpc) is 2.55. The molecule has 0 saturated heterocycles. The Bertz CT molecular complexity index is 865. The second-order valence-corrected chi connectivity index (χ2v) is 7.25. The van der Waals surface area contributed by atoms with E-state index in [2.05, 4.69) is 16.6 Å². The van der Waals surface area contributed by atoms with Gasteiger partial charge in [-0.15, -0.1) is 6.58 Å². The summed E-state index contributed by atoms with van der Waals surface area (Å²) >= 11 is 11.7. The number of rotatable bonds is 6. The Labute approximate surface area is 150 Å². The minimum absolute atomic E-state index is 0.0623. The molecule has 0 aliphatic carbocycles. The van der Waals surface area contributed by atoms with Crippen LogP contribution in [0.5, 0.6) is 0 Å². The number of carbonyl (C=O) groups is 1. The summed E-state index contributed by atoms with van der Waals surface area (Å²) in [6.07, 6.45) is 1.56. The van der Waals surface area contributed by atoms with Gasteiger partial charge in [0.25, 0.3) is 15.9 Å². The molecule has 0 aromatic heterocycles. The number of nitrogens with one attached hydrogen (secondary N) is 2. The maximum Gasteiger partial charge on any atom is 0.263 e. The van der Waals surface area contributed by atoms with Crippen LogP contribution in [0.15, 0.2) is 60.0 Å². The fourth-order valence-corrected chi connectivity index (χ4v) is 3.67. The number of anilines is 1. The first-order chi connectivity index (χ1) is 11.3. The van der Waals surface area contributed by atoms with Gasteiger partial charge in [-0.3, -0.25) is 9.52 Å². The van der Waals surface area contributed by atoms with Gasteiger partial charge in [0.05, 0.1) is 5.02 Å². The van der Waals surface area contributed by atoms with Gasteiger partial charge >= 0.3 is 0 Å². The lowest BCUT2D eigenvalue weighted by Crippen LogP contribution is -2.23. The molecular formula is C16H14Cl2N2O3S. The SMILES string of the molecule is C=CCNC(=O)c1ccc(NS(=O)(=O)c2cc(Cl)ccc2Cl)cc1. The largest absolute Gasteiger partial charge is 0.349 e. The van der Waals surface area contributed by atoms with E-state index in [0.717, 1.165) is 0 Å². The molecule has 0 saturated carbocycles. The highest BCUT2D eigenvalue weighted by Crippen LogP contribution is 2.26. The Morgan fingerprint density at radius 2 is 1.79 bits per heavy atom. The molecule has 0 radical (unpaired) electrons. The lowest BCUT2D eigenvalue weighted by atomic mass is 10.2. The second-order valence-electron chi connectivity index (χ2n) is 4.76. The predicted octanol–water partition coefficient (Wildman–Crippen LogP) is 3.71. The third-order valence-corrected chi connectivity index (χ3v) is 5.09. The van der Waals surface area contributed by atoms with E-state index in [9.17, 15) is 13.2 Å². The summed E-state index contributed by atoms with van der Waals surface area (Å²) in [6.45, 7) is 3.86. The molecule has 5 nitrogen and oxygen atoms in total. The molecule has 0 bridgehead atoms. The Balaban J connectivity index is 2.20. The molecule has 0 heterocycles. The van der Waals surface area contributed by atoms with Gasteiger partial charge in [-0.05, 0) is 42.5 Å². The van der Waals surface area contributed by atoms with E-state index in [-0.39, 0.29) is 20.8 Å². The van der Waals surface area contributed by atoms with Crippen LogP contribution in [0, 0.1) is 0 Å². The van der Waals surface area contributed by atoms with Gasteiger partial charge in [0.15, 0.2) is 0 Å². The first kappa shape index (κ1) is 18.3. The molecule has 126 valence electrons.